The SMILES string of the molecule is COc1ccc2c([C@@H](O)CN3CCC4(CC3)C[C@@H](O)c3ccccc3O4)c[nH]c2c1. The third-order valence-corrected chi connectivity index (χ3v) is 6.65. The van der Waals surface area contributed by atoms with Gasteiger partial charge in [-0.25, -0.2) is 0 Å². The molecule has 0 amide bonds. The summed E-state index contributed by atoms with van der Waals surface area (Å²) < 4.78 is 11.6. The second-order valence-corrected chi connectivity index (χ2v) is 8.51. The smallest absolute Gasteiger partial charge is 0.125 e. The highest BCUT2D eigenvalue weighted by Crippen LogP contribution is 2.44. The van der Waals surface area contributed by atoms with E-state index in [-0.39, 0.29) is 5.60 Å². The van der Waals surface area contributed by atoms with Gasteiger partial charge in [0.2, 0.25) is 0 Å². The van der Waals surface area contributed by atoms with Gasteiger partial charge < -0.3 is 29.6 Å². The molecule has 2 aromatic carbocycles. The highest BCUT2D eigenvalue weighted by molar-refractivity contribution is 5.84. The van der Waals surface area contributed by atoms with Crippen LogP contribution < -0.4 is 9.47 Å². The molecule has 3 N–H and O–H groups in total. The second kappa shape index (κ2) is 7.61. The molecule has 6 nitrogen and oxygen atoms in total. The average Bonchev–Trinajstić information content (AvgIpc) is 3.19. The predicted molar refractivity (Wildman–Crippen MR) is 115 cm³/mol. The molecule has 0 unspecified atom stereocenters. The van der Waals surface area contributed by atoms with Gasteiger partial charge in [0, 0.05) is 60.3 Å². The molecular formula is C24H28N2O4. The molecule has 1 aromatic heterocycles. The van der Waals surface area contributed by atoms with Crippen molar-refractivity contribution in [3.05, 3.63) is 59.8 Å². The van der Waals surface area contributed by atoms with Crippen LogP contribution in [0.15, 0.2) is 48.7 Å². The number of likely N-dealkylation sites (tertiary alicyclic amines) is 1. The predicted octanol–water partition coefficient (Wildman–Crippen LogP) is 3.56. The molecule has 2 aliphatic rings. The molecule has 3 aromatic rings. The number of aromatic nitrogens is 1. The van der Waals surface area contributed by atoms with Crippen molar-refractivity contribution in [1.29, 1.82) is 0 Å². The number of aliphatic hydroxyl groups excluding tert-OH is 2. The Morgan fingerprint density at radius 3 is 2.83 bits per heavy atom. The molecule has 5 rings (SSSR count). The molecule has 0 saturated carbocycles. The van der Waals surface area contributed by atoms with E-state index in [1.54, 1.807) is 7.11 Å². The standard InChI is InChI=1S/C24H28N2O4/c1-29-16-6-7-17-19(14-25-20(17)12-16)22(28)15-26-10-8-24(9-11-26)13-21(27)18-4-2-3-5-23(18)30-24/h2-7,12,14,21-22,25,27-28H,8-11,13,15H2,1H3/t21-,22+/m1/s1. The van der Waals surface area contributed by atoms with Gasteiger partial charge in [0.25, 0.3) is 0 Å². The molecule has 0 aliphatic carbocycles. The summed E-state index contributed by atoms with van der Waals surface area (Å²) >= 11 is 0. The summed E-state index contributed by atoms with van der Waals surface area (Å²) in [5.74, 6) is 1.60. The third-order valence-electron chi connectivity index (χ3n) is 6.65. The number of fused-ring (bicyclic) bond motifs is 2. The molecule has 0 radical (unpaired) electrons. The van der Waals surface area contributed by atoms with E-state index in [9.17, 15) is 10.2 Å². The number of aromatic amines is 1. The van der Waals surface area contributed by atoms with Crippen LogP contribution >= 0.6 is 0 Å². The zero-order valence-corrected chi connectivity index (χ0v) is 17.2. The van der Waals surface area contributed by atoms with Crippen LogP contribution in [-0.2, 0) is 0 Å². The second-order valence-electron chi connectivity index (χ2n) is 8.51. The van der Waals surface area contributed by atoms with Crippen molar-refractivity contribution in [2.24, 2.45) is 0 Å². The summed E-state index contributed by atoms with van der Waals surface area (Å²) in [5.41, 5.74) is 2.44. The number of hydrogen-bond acceptors (Lipinski definition) is 5. The fraction of sp³-hybridized carbons (Fsp3) is 0.417. The fourth-order valence-electron chi connectivity index (χ4n) is 4.91. The summed E-state index contributed by atoms with van der Waals surface area (Å²) in [5, 5.41) is 22.5. The van der Waals surface area contributed by atoms with Gasteiger partial charge >= 0.3 is 0 Å². The van der Waals surface area contributed by atoms with Crippen molar-refractivity contribution in [1.82, 2.24) is 9.88 Å². The summed E-state index contributed by atoms with van der Waals surface area (Å²) in [6, 6.07) is 13.6. The van der Waals surface area contributed by atoms with Gasteiger partial charge in [-0.05, 0) is 31.0 Å². The van der Waals surface area contributed by atoms with Crippen LogP contribution in [0.25, 0.3) is 10.9 Å². The first kappa shape index (κ1) is 19.4. The normalized spacial score (nSPS) is 21.9. The Morgan fingerprint density at radius 2 is 2.03 bits per heavy atom. The minimum atomic E-state index is -0.570. The topological polar surface area (TPSA) is 78.0 Å². The molecule has 158 valence electrons. The van der Waals surface area contributed by atoms with E-state index in [2.05, 4.69) is 9.88 Å². The lowest BCUT2D eigenvalue weighted by atomic mass is 9.81. The first-order chi connectivity index (χ1) is 14.6. The Morgan fingerprint density at radius 1 is 1.23 bits per heavy atom. The maximum absolute atomic E-state index is 10.9. The first-order valence-corrected chi connectivity index (χ1v) is 10.6. The number of methoxy groups -OCH3 is 1. The molecule has 2 aliphatic heterocycles. The van der Waals surface area contributed by atoms with Crippen molar-refractivity contribution < 1.29 is 19.7 Å². The van der Waals surface area contributed by atoms with Crippen molar-refractivity contribution in [2.75, 3.05) is 26.7 Å². The lowest BCUT2D eigenvalue weighted by molar-refractivity contribution is -0.0587. The molecule has 30 heavy (non-hydrogen) atoms. The molecule has 0 bridgehead atoms. The molecule has 1 fully saturated rings. The van der Waals surface area contributed by atoms with Gasteiger partial charge in [0.1, 0.15) is 17.1 Å². The lowest BCUT2D eigenvalue weighted by Gasteiger charge is -2.46. The van der Waals surface area contributed by atoms with Gasteiger partial charge in [-0.3, -0.25) is 0 Å². The van der Waals surface area contributed by atoms with Gasteiger partial charge in [0.05, 0.1) is 19.3 Å². The Bertz CT molecular complexity index is 1040. The molecule has 1 spiro atoms. The van der Waals surface area contributed by atoms with Crippen LogP contribution in [0, 0.1) is 0 Å². The van der Waals surface area contributed by atoms with Crippen LogP contribution in [0.4, 0.5) is 0 Å². The Balaban J connectivity index is 1.25. The quantitative estimate of drug-likeness (QED) is 0.615. The molecular weight excluding hydrogens is 380 g/mol. The number of ether oxygens (including phenoxy) is 2. The van der Waals surface area contributed by atoms with E-state index >= 15 is 0 Å². The molecule has 1 saturated heterocycles. The summed E-state index contributed by atoms with van der Waals surface area (Å²) in [6.07, 6.45) is 3.16. The number of piperidine rings is 1. The first-order valence-electron chi connectivity index (χ1n) is 10.6. The van der Waals surface area contributed by atoms with E-state index < -0.39 is 12.2 Å². The van der Waals surface area contributed by atoms with Crippen LogP contribution in [-0.4, -0.2) is 52.4 Å². The zero-order valence-electron chi connectivity index (χ0n) is 17.2. The van der Waals surface area contributed by atoms with Crippen molar-refractivity contribution >= 4 is 10.9 Å². The van der Waals surface area contributed by atoms with Crippen LogP contribution in [0.2, 0.25) is 0 Å². The van der Waals surface area contributed by atoms with Gasteiger partial charge in [0.15, 0.2) is 0 Å². The van der Waals surface area contributed by atoms with Crippen molar-refractivity contribution in [3.63, 3.8) is 0 Å². The van der Waals surface area contributed by atoms with Crippen LogP contribution in [0.3, 0.4) is 0 Å². The fourth-order valence-corrected chi connectivity index (χ4v) is 4.91. The molecule has 2 atom stereocenters. The van der Waals surface area contributed by atoms with Gasteiger partial charge in [-0.2, -0.15) is 0 Å². The third kappa shape index (κ3) is 3.45. The summed E-state index contributed by atoms with van der Waals surface area (Å²) in [7, 11) is 1.65. The number of H-pyrrole nitrogens is 1. The monoisotopic (exact) mass is 408 g/mol. The van der Waals surface area contributed by atoms with E-state index in [1.165, 1.54) is 0 Å². The maximum Gasteiger partial charge on any atom is 0.125 e. The number of nitrogens with zero attached hydrogens (tertiary/aromatic N) is 1. The minimum absolute atomic E-state index is 0.313. The summed E-state index contributed by atoms with van der Waals surface area (Å²) in [6.45, 7) is 2.25. The number of aliphatic hydroxyl groups is 2. The Labute approximate surface area is 176 Å². The average molecular weight is 408 g/mol. The number of β-amino-alcohol motifs (C(OH)–C–C–N with tert-alkyl or cyclic N) is 1. The van der Waals surface area contributed by atoms with E-state index in [1.807, 2.05) is 48.7 Å². The number of nitrogens with one attached hydrogen (secondary N) is 1. The zero-order chi connectivity index (χ0) is 20.7. The Kier molecular flexibility index (Phi) is 4.93. The number of rotatable bonds is 4. The van der Waals surface area contributed by atoms with E-state index in [0.717, 1.165) is 59.5 Å². The number of benzene rings is 2. The molecule has 3 heterocycles. The van der Waals surface area contributed by atoms with E-state index in [0.29, 0.717) is 13.0 Å². The minimum Gasteiger partial charge on any atom is -0.497 e. The highest BCUT2D eigenvalue weighted by atomic mass is 16.5. The van der Waals surface area contributed by atoms with Crippen LogP contribution in [0.1, 0.15) is 42.6 Å². The lowest BCUT2D eigenvalue weighted by Crippen LogP contribution is -2.51. The number of para-hydroxylation sites is 1. The van der Waals surface area contributed by atoms with Crippen molar-refractivity contribution in [2.45, 2.75) is 37.1 Å². The maximum atomic E-state index is 10.9. The van der Waals surface area contributed by atoms with E-state index in [4.69, 9.17) is 9.47 Å². The van der Waals surface area contributed by atoms with Gasteiger partial charge in [-0.15, -0.1) is 0 Å². The number of hydrogen-bond donors (Lipinski definition) is 3. The highest BCUT2D eigenvalue weighted by Gasteiger charge is 2.43. The van der Waals surface area contributed by atoms with Crippen molar-refractivity contribution in [3.8, 4) is 11.5 Å². The summed E-state index contributed by atoms with van der Waals surface area (Å²) in [4.78, 5) is 5.52. The molecule has 6 heteroatoms. The Hall–Kier alpha value is -2.54. The van der Waals surface area contributed by atoms with Crippen LogP contribution in [0.5, 0.6) is 11.5 Å². The largest absolute Gasteiger partial charge is 0.497 e. The van der Waals surface area contributed by atoms with Gasteiger partial charge in [-0.1, -0.05) is 18.2 Å².